The van der Waals surface area contributed by atoms with Gasteiger partial charge in [0.25, 0.3) is 0 Å². The number of anilines is 1. The van der Waals surface area contributed by atoms with E-state index < -0.39 is 11.7 Å². The van der Waals surface area contributed by atoms with Crippen LogP contribution < -0.4 is 10.1 Å². The van der Waals surface area contributed by atoms with Crippen LogP contribution in [0.1, 0.15) is 29.2 Å². The van der Waals surface area contributed by atoms with Crippen LogP contribution in [0.3, 0.4) is 0 Å². The summed E-state index contributed by atoms with van der Waals surface area (Å²) in [6, 6.07) is 10.3. The number of carbonyl (C=O) groups excluding carboxylic acids is 1. The Hall–Kier alpha value is -2.76. The summed E-state index contributed by atoms with van der Waals surface area (Å²) in [7, 11) is 0. The third-order valence-electron chi connectivity index (χ3n) is 4.06. The zero-order valence-electron chi connectivity index (χ0n) is 13.3. The van der Waals surface area contributed by atoms with E-state index in [2.05, 4.69) is 11.9 Å². The summed E-state index contributed by atoms with van der Waals surface area (Å²) >= 11 is 0. The van der Waals surface area contributed by atoms with Crippen molar-refractivity contribution in [2.75, 3.05) is 5.32 Å². The van der Waals surface area contributed by atoms with Crippen molar-refractivity contribution in [1.82, 2.24) is 0 Å². The average molecular weight is 347 g/mol. The number of rotatable bonds is 4. The Balaban J connectivity index is 1.77. The molecule has 1 N–H and O–H groups in total. The van der Waals surface area contributed by atoms with E-state index in [4.69, 9.17) is 4.74 Å². The van der Waals surface area contributed by atoms with Crippen molar-refractivity contribution in [3.63, 3.8) is 0 Å². The van der Waals surface area contributed by atoms with Crippen molar-refractivity contribution in [2.45, 2.75) is 25.1 Å². The molecule has 1 atom stereocenters. The summed E-state index contributed by atoms with van der Waals surface area (Å²) in [6.07, 6.45) is -2.11. The first-order valence-corrected chi connectivity index (χ1v) is 7.77. The van der Waals surface area contributed by atoms with Crippen LogP contribution in [0.2, 0.25) is 0 Å². The fourth-order valence-electron chi connectivity index (χ4n) is 2.88. The highest BCUT2D eigenvalue weighted by Crippen LogP contribution is 2.38. The number of ether oxygens (including phenoxy) is 1. The lowest BCUT2D eigenvalue weighted by Gasteiger charge is -2.16. The van der Waals surface area contributed by atoms with E-state index >= 15 is 0 Å². The number of halogens is 3. The zero-order valence-corrected chi connectivity index (χ0v) is 13.3. The molecule has 0 bridgehead atoms. The van der Waals surface area contributed by atoms with Gasteiger partial charge in [-0.1, -0.05) is 18.7 Å². The van der Waals surface area contributed by atoms with Gasteiger partial charge in [0.2, 0.25) is 5.91 Å². The Bertz CT molecular complexity index is 815. The molecule has 0 saturated heterocycles. The lowest BCUT2D eigenvalue weighted by atomic mass is 10.1. The minimum Gasteiger partial charge on any atom is -0.486 e. The van der Waals surface area contributed by atoms with Gasteiger partial charge in [-0.25, -0.2) is 0 Å². The van der Waals surface area contributed by atoms with Gasteiger partial charge in [-0.05, 0) is 60.4 Å². The lowest BCUT2D eigenvalue weighted by molar-refractivity contribution is -0.137. The molecule has 1 aliphatic carbocycles. The van der Waals surface area contributed by atoms with Gasteiger partial charge in [0.15, 0.2) is 0 Å². The second-order valence-corrected chi connectivity index (χ2v) is 5.78. The Labute approximate surface area is 143 Å². The number of hydrogen-bond donors (Lipinski definition) is 1. The number of benzene rings is 2. The molecule has 0 aromatic heterocycles. The summed E-state index contributed by atoms with van der Waals surface area (Å²) in [6.45, 7) is 3.40. The molecule has 0 heterocycles. The third kappa shape index (κ3) is 3.84. The summed E-state index contributed by atoms with van der Waals surface area (Å²) in [5.41, 5.74) is 1.86. The summed E-state index contributed by atoms with van der Waals surface area (Å²) in [4.78, 5) is 11.4. The number of carbonyl (C=O) groups is 1. The number of nitrogens with one attached hydrogen (secondary N) is 1. The molecule has 25 heavy (non-hydrogen) atoms. The zero-order chi connectivity index (χ0) is 18.0. The molecule has 0 saturated carbocycles. The second-order valence-electron chi connectivity index (χ2n) is 5.78. The Morgan fingerprint density at radius 1 is 1.24 bits per heavy atom. The maximum absolute atomic E-state index is 12.8. The maximum atomic E-state index is 12.8. The summed E-state index contributed by atoms with van der Waals surface area (Å²) < 4.78 is 44.2. The van der Waals surface area contributed by atoms with Crippen LogP contribution in [-0.4, -0.2) is 5.91 Å². The number of hydrogen-bond acceptors (Lipinski definition) is 2. The Morgan fingerprint density at radius 3 is 2.76 bits per heavy atom. The highest BCUT2D eigenvalue weighted by atomic mass is 19.4. The van der Waals surface area contributed by atoms with E-state index in [0.717, 1.165) is 29.7 Å². The normalized spacial score (nSPS) is 16.2. The molecule has 0 spiro atoms. The molecule has 1 aliphatic rings. The molecular formula is C19H16F3NO2. The van der Waals surface area contributed by atoms with Gasteiger partial charge < -0.3 is 10.1 Å². The molecule has 0 aliphatic heterocycles. The first-order chi connectivity index (χ1) is 11.9. The topological polar surface area (TPSA) is 38.3 Å². The molecule has 0 radical (unpaired) electrons. The van der Waals surface area contributed by atoms with Crippen molar-refractivity contribution in [3.05, 3.63) is 71.8 Å². The van der Waals surface area contributed by atoms with Crippen molar-refractivity contribution in [3.8, 4) is 5.75 Å². The average Bonchev–Trinajstić information content (AvgIpc) is 2.96. The van der Waals surface area contributed by atoms with Gasteiger partial charge in [-0.3, -0.25) is 4.79 Å². The third-order valence-corrected chi connectivity index (χ3v) is 4.06. The highest BCUT2D eigenvalue weighted by molar-refractivity contribution is 5.98. The van der Waals surface area contributed by atoms with E-state index in [9.17, 15) is 18.0 Å². The highest BCUT2D eigenvalue weighted by Gasteiger charge is 2.31. The van der Waals surface area contributed by atoms with E-state index in [1.165, 1.54) is 18.2 Å². The van der Waals surface area contributed by atoms with Crippen LogP contribution in [-0.2, 0) is 17.4 Å². The molecule has 0 fully saturated rings. The summed E-state index contributed by atoms with van der Waals surface area (Å²) in [5, 5.41) is 2.69. The molecule has 3 nitrogen and oxygen atoms in total. The molecule has 3 rings (SSSR count). The lowest BCUT2D eigenvalue weighted by Crippen LogP contribution is -2.08. The number of aryl methyl sites for hydroxylation is 1. The van der Waals surface area contributed by atoms with E-state index in [-0.39, 0.29) is 17.8 Å². The molecular weight excluding hydrogens is 331 g/mol. The fourth-order valence-corrected chi connectivity index (χ4v) is 2.88. The van der Waals surface area contributed by atoms with Crippen LogP contribution in [0.5, 0.6) is 5.75 Å². The predicted octanol–water partition coefficient (Wildman–Crippen LogP) is 4.90. The number of fused-ring (bicyclic) bond motifs is 1. The van der Waals surface area contributed by atoms with Gasteiger partial charge >= 0.3 is 6.18 Å². The first-order valence-electron chi connectivity index (χ1n) is 7.77. The Morgan fingerprint density at radius 2 is 2.04 bits per heavy atom. The van der Waals surface area contributed by atoms with E-state index in [1.54, 1.807) is 6.07 Å². The van der Waals surface area contributed by atoms with Gasteiger partial charge in [-0.15, -0.1) is 0 Å². The maximum Gasteiger partial charge on any atom is 0.416 e. The quantitative estimate of drug-likeness (QED) is 0.799. The van der Waals surface area contributed by atoms with Gasteiger partial charge in [0, 0.05) is 5.69 Å². The van der Waals surface area contributed by atoms with Crippen LogP contribution in [0.15, 0.2) is 55.1 Å². The van der Waals surface area contributed by atoms with Crippen LogP contribution in [0.25, 0.3) is 0 Å². The number of amides is 1. The monoisotopic (exact) mass is 347 g/mol. The van der Waals surface area contributed by atoms with Crippen molar-refractivity contribution >= 4 is 11.6 Å². The van der Waals surface area contributed by atoms with E-state index in [0.29, 0.717) is 12.1 Å². The summed E-state index contributed by atoms with van der Waals surface area (Å²) in [5.74, 6) is -0.105. The number of alkyl halides is 3. The van der Waals surface area contributed by atoms with Crippen LogP contribution in [0.4, 0.5) is 18.9 Å². The van der Waals surface area contributed by atoms with Crippen molar-refractivity contribution < 1.29 is 22.7 Å². The van der Waals surface area contributed by atoms with Gasteiger partial charge in [0.1, 0.15) is 11.9 Å². The molecule has 2 aromatic rings. The minimum atomic E-state index is -4.40. The smallest absolute Gasteiger partial charge is 0.416 e. The first kappa shape index (κ1) is 17.1. The fraction of sp³-hybridized carbons (Fsp3) is 0.211. The Kier molecular flexibility index (Phi) is 4.53. The van der Waals surface area contributed by atoms with Crippen LogP contribution in [0, 0.1) is 0 Å². The largest absolute Gasteiger partial charge is 0.486 e. The van der Waals surface area contributed by atoms with Crippen molar-refractivity contribution in [1.29, 1.82) is 0 Å². The SMILES string of the molecule is C=CC(=O)Nc1ccc2c(c1)CCC2Oc1cccc(C(F)(F)F)c1. The molecule has 6 heteroatoms. The van der Waals surface area contributed by atoms with Gasteiger partial charge in [0.05, 0.1) is 5.56 Å². The molecule has 2 aromatic carbocycles. The standard InChI is InChI=1S/C19H16F3NO2/c1-2-18(24)23-14-7-8-16-12(10-14)6-9-17(16)25-15-5-3-4-13(11-15)19(20,21)22/h2-5,7-8,10-11,17H,1,6,9H2,(H,23,24). The molecule has 130 valence electrons. The predicted molar refractivity (Wildman–Crippen MR) is 88.4 cm³/mol. The second kappa shape index (κ2) is 6.63. The van der Waals surface area contributed by atoms with Crippen molar-refractivity contribution in [2.24, 2.45) is 0 Å². The molecule has 1 unspecified atom stereocenters. The molecule has 1 amide bonds. The van der Waals surface area contributed by atoms with E-state index in [1.807, 2.05) is 12.1 Å². The minimum absolute atomic E-state index is 0.191. The van der Waals surface area contributed by atoms with Gasteiger partial charge in [-0.2, -0.15) is 13.2 Å². The van der Waals surface area contributed by atoms with Crippen LogP contribution >= 0.6 is 0 Å².